The van der Waals surface area contributed by atoms with E-state index in [-0.39, 0.29) is 18.3 Å². The van der Waals surface area contributed by atoms with Gasteiger partial charge in [-0.05, 0) is 25.8 Å². The maximum absolute atomic E-state index is 11.1. The van der Waals surface area contributed by atoms with Crippen molar-refractivity contribution in [3.05, 3.63) is 6.07 Å². The van der Waals surface area contributed by atoms with Crippen molar-refractivity contribution in [2.24, 2.45) is 5.92 Å². The first kappa shape index (κ1) is 18.7. The van der Waals surface area contributed by atoms with Gasteiger partial charge >= 0.3 is 5.97 Å². The van der Waals surface area contributed by atoms with E-state index in [0.717, 1.165) is 51.5 Å². The number of carbonyl (C=O) groups is 1. The van der Waals surface area contributed by atoms with Crippen LogP contribution in [-0.4, -0.2) is 83.2 Å². The highest BCUT2D eigenvalue weighted by Gasteiger charge is 2.35. The monoisotopic (exact) mass is 363 g/mol. The Morgan fingerprint density at radius 3 is 2.62 bits per heavy atom. The Labute approximate surface area is 154 Å². The smallest absolute Gasteiger partial charge is 0.303 e. The molecule has 0 unspecified atom stereocenters. The minimum absolute atomic E-state index is 0.170. The number of aliphatic carboxylic acids is 1. The van der Waals surface area contributed by atoms with Gasteiger partial charge in [-0.2, -0.15) is 9.97 Å². The third-order valence-corrected chi connectivity index (χ3v) is 5.50. The molecule has 9 heteroatoms. The van der Waals surface area contributed by atoms with Gasteiger partial charge in [-0.1, -0.05) is 0 Å². The first-order chi connectivity index (χ1) is 12.4. The summed E-state index contributed by atoms with van der Waals surface area (Å²) in [5, 5.41) is 9.14. The van der Waals surface area contributed by atoms with Gasteiger partial charge in [0.15, 0.2) is 0 Å². The van der Waals surface area contributed by atoms with Crippen LogP contribution in [0.25, 0.3) is 0 Å². The summed E-state index contributed by atoms with van der Waals surface area (Å²) in [6.07, 6.45) is 1.84. The fraction of sp³-hybridized carbons (Fsp3) is 0.706. The molecule has 2 atom stereocenters. The SMILES string of the molecule is CN1CCN([C@H]2CCN(c3cc(N)nc(N)n3)C[C@H]2CCC(=O)O)CC1. The average molecular weight is 363 g/mol. The number of piperazine rings is 1. The summed E-state index contributed by atoms with van der Waals surface area (Å²) in [4.78, 5) is 26.4. The quantitative estimate of drug-likeness (QED) is 0.660. The van der Waals surface area contributed by atoms with Crippen LogP contribution < -0.4 is 16.4 Å². The lowest BCUT2D eigenvalue weighted by Crippen LogP contribution is -2.56. The average Bonchev–Trinajstić information content (AvgIpc) is 2.59. The Hall–Kier alpha value is -2.13. The second kappa shape index (κ2) is 8.05. The van der Waals surface area contributed by atoms with E-state index in [2.05, 4.69) is 31.7 Å². The Balaban J connectivity index is 1.73. The fourth-order valence-corrected chi connectivity index (χ4v) is 4.09. The maximum Gasteiger partial charge on any atom is 0.303 e. The highest BCUT2D eigenvalue weighted by Crippen LogP contribution is 2.30. The zero-order valence-corrected chi connectivity index (χ0v) is 15.3. The third-order valence-electron chi connectivity index (χ3n) is 5.50. The molecular formula is C17H29N7O2. The third kappa shape index (κ3) is 4.53. The molecule has 0 amide bonds. The lowest BCUT2D eigenvalue weighted by atomic mass is 9.86. The van der Waals surface area contributed by atoms with Crippen molar-refractivity contribution in [1.82, 2.24) is 19.8 Å². The van der Waals surface area contributed by atoms with E-state index in [1.165, 1.54) is 0 Å². The van der Waals surface area contributed by atoms with Crippen LogP contribution in [0.3, 0.4) is 0 Å². The molecule has 2 aliphatic heterocycles. The topological polar surface area (TPSA) is 125 Å². The second-order valence-corrected chi connectivity index (χ2v) is 7.34. The van der Waals surface area contributed by atoms with Crippen LogP contribution >= 0.6 is 0 Å². The zero-order valence-electron chi connectivity index (χ0n) is 15.3. The summed E-state index contributed by atoms with van der Waals surface area (Å²) in [7, 11) is 2.14. The number of aromatic nitrogens is 2. The number of piperidine rings is 1. The van der Waals surface area contributed by atoms with E-state index >= 15 is 0 Å². The van der Waals surface area contributed by atoms with E-state index in [4.69, 9.17) is 16.6 Å². The standard InChI is InChI=1S/C17H29N7O2/c1-22-6-8-23(9-7-22)13-4-5-24(11-12(13)2-3-16(25)26)15-10-14(18)20-17(19)21-15/h10,12-13H,2-9,11H2,1H3,(H,25,26)(H4,18,19,20,21)/t12-,13+/m1/s1. The Kier molecular flexibility index (Phi) is 5.77. The lowest BCUT2D eigenvalue weighted by molar-refractivity contribution is -0.137. The molecule has 9 nitrogen and oxygen atoms in total. The summed E-state index contributed by atoms with van der Waals surface area (Å²) in [6.45, 7) is 5.82. The Morgan fingerprint density at radius 1 is 1.23 bits per heavy atom. The lowest BCUT2D eigenvalue weighted by Gasteiger charge is -2.46. The van der Waals surface area contributed by atoms with Crippen LogP contribution in [0.5, 0.6) is 0 Å². The highest BCUT2D eigenvalue weighted by molar-refractivity contribution is 5.66. The van der Waals surface area contributed by atoms with Gasteiger partial charge in [-0.15, -0.1) is 0 Å². The van der Waals surface area contributed by atoms with Crippen molar-refractivity contribution in [2.45, 2.75) is 25.3 Å². The zero-order chi connectivity index (χ0) is 18.7. The van der Waals surface area contributed by atoms with Crippen LogP contribution in [0, 0.1) is 5.92 Å². The van der Waals surface area contributed by atoms with Gasteiger partial charge < -0.3 is 26.4 Å². The molecule has 2 aliphatic rings. The molecule has 26 heavy (non-hydrogen) atoms. The molecule has 0 saturated carbocycles. The molecule has 1 aromatic rings. The van der Waals surface area contributed by atoms with Gasteiger partial charge in [0.1, 0.15) is 11.6 Å². The Bertz CT molecular complexity index is 613. The van der Waals surface area contributed by atoms with Crippen LogP contribution in [0.2, 0.25) is 0 Å². The Morgan fingerprint density at radius 2 is 1.96 bits per heavy atom. The first-order valence-corrected chi connectivity index (χ1v) is 9.21. The minimum Gasteiger partial charge on any atom is -0.481 e. The molecule has 0 spiro atoms. The van der Waals surface area contributed by atoms with Gasteiger partial charge in [0, 0.05) is 57.8 Å². The van der Waals surface area contributed by atoms with Crippen molar-refractivity contribution in [1.29, 1.82) is 0 Å². The molecule has 5 N–H and O–H groups in total. The summed E-state index contributed by atoms with van der Waals surface area (Å²) >= 11 is 0. The van der Waals surface area contributed by atoms with Gasteiger partial charge in [0.2, 0.25) is 5.95 Å². The predicted octanol–water partition coefficient (Wildman–Crippen LogP) is -0.0519. The van der Waals surface area contributed by atoms with Gasteiger partial charge in [0.05, 0.1) is 0 Å². The number of rotatable bonds is 5. The van der Waals surface area contributed by atoms with Crippen molar-refractivity contribution in [3.8, 4) is 0 Å². The number of hydrogen-bond donors (Lipinski definition) is 3. The van der Waals surface area contributed by atoms with Crippen molar-refractivity contribution >= 4 is 23.6 Å². The predicted molar refractivity (Wildman–Crippen MR) is 101 cm³/mol. The number of nitrogen functional groups attached to an aromatic ring is 2. The molecule has 144 valence electrons. The van der Waals surface area contributed by atoms with Crippen molar-refractivity contribution < 1.29 is 9.90 Å². The summed E-state index contributed by atoms with van der Waals surface area (Å²) in [5.41, 5.74) is 11.5. The van der Waals surface area contributed by atoms with E-state index < -0.39 is 5.97 Å². The number of nitrogens with zero attached hydrogens (tertiary/aromatic N) is 5. The van der Waals surface area contributed by atoms with Gasteiger partial charge in [-0.3, -0.25) is 9.69 Å². The van der Waals surface area contributed by atoms with Crippen LogP contribution in [0.4, 0.5) is 17.6 Å². The first-order valence-electron chi connectivity index (χ1n) is 9.21. The molecule has 2 saturated heterocycles. The van der Waals surface area contributed by atoms with Crippen LogP contribution in [-0.2, 0) is 4.79 Å². The number of anilines is 3. The molecule has 0 bridgehead atoms. The molecular weight excluding hydrogens is 334 g/mol. The highest BCUT2D eigenvalue weighted by atomic mass is 16.4. The van der Waals surface area contributed by atoms with Crippen LogP contribution in [0.1, 0.15) is 19.3 Å². The molecule has 0 aliphatic carbocycles. The van der Waals surface area contributed by atoms with Crippen molar-refractivity contribution in [2.75, 3.05) is 62.7 Å². The summed E-state index contributed by atoms with van der Waals surface area (Å²) < 4.78 is 0. The summed E-state index contributed by atoms with van der Waals surface area (Å²) in [5.74, 6) is 0.793. The summed E-state index contributed by atoms with van der Waals surface area (Å²) in [6, 6.07) is 2.15. The van der Waals surface area contributed by atoms with E-state index in [9.17, 15) is 4.79 Å². The molecule has 0 radical (unpaired) electrons. The molecule has 3 rings (SSSR count). The van der Waals surface area contributed by atoms with E-state index in [1.54, 1.807) is 6.07 Å². The van der Waals surface area contributed by atoms with Crippen LogP contribution in [0.15, 0.2) is 6.07 Å². The van der Waals surface area contributed by atoms with E-state index in [1.807, 2.05) is 0 Å². The number of likely N-dealkylation sites (N-methyl/N-ethyl adjacent to an activating group) is 1. The van der Waals surface area contributed by atoms with Crippen molar-refractivity contribution in [3.63, 3.8) is 0 Å². The normalized spacial score (nSPS) is 25.3. The largest absolute Gasteiger partial charge is 0.481 e. The number of carboxylic acids is 1. The maximum atomic E-state index is 11.1. The minimum atomic E-state index is -0.741. The molecule has 0 aromatic carbocycles. The number of hydrogen-bond acceptors (Lipinski definition) is 8. The fourth-order valence-electron chi connectivity index (χ4n) is 4.09. The molecule has 3 heterocycles. The van der Waals surface area contributed by atoms with E-state index in [0.29, 0.717) is 18.3 Å². The molecule has 2 fully saturated rings. The molecule has 1 aromatic heterocycles. The number of nitrogens with two attached hydrogens (primary N) is 2. The second-order valence-electron chi connectivity index (χ2n) is 7.34. The van der Waals surface area contributed by atoms with Gasteiger partial charge in [-0.25, -0.2) is 0 Å². The number of carboxylic acid groups (broad SMARTS) is 1. The van der Waals surface area contributed by atoms with Gasteiger partial charge in [0.25, 0.3) is 0 Å².